The lowest BCUT2D eigenvalue weighted by Crippen LogP contribution is -2.46. The van der Waals surface area contributed by atoms with Crippen molar-refractivity contribution >= 4 is 17.5 Å². The van der Waals surface area contributed by atoms with Gasteiger partial charge in [-0.25, -0.2) is 4.98 Å². The number of hydrogen-bond donors (Lipinski definition) is 4. The number of carbonyl (C=O) groups excluding carboxylic acids is 2. The van der Waals surface area contributed by atoms with Gasteiger partial charge in [0.1, 0.15) is 11.9 Å². The Kier molecular flexibility index (Phi) is 5.53. The number of hydrogen-bond acceptors (Lipinski definition) is 5. The van der Waals surface area contributed by atoms with Crippen LogP contribution < -0.4 is 16.4 Å². The molecule has 5 N–H and O–H groups in total. The number of amides is 2. The van der Waals surface area contributed by atoms with E-state index in [1.54, 1.807) is 52.0 Å². The molecule has 8 heteroatoms. The maximum absolute atomic E-state index is 12.2. The van der Waals surface area contributed by atoms with Crippen LogP contribution in [0.1, 0.15) is 33.5 Å². The van der Waals surface area contributed by atoms with E-state index < -0.39 is 11.5 Å². The highest BCUT2D eigenvalue weighted by atomic mass is 16.2. The van der Waals surface area contributed by atoms with Crippen LogP contribution >= 0.6 is 0 Å². The van der Waals surface area contributed by atoms with Gasteiger partial charge >= 0.3 is 0 Å². The molecule has 0 fully saturated rings. The van der Waals surface area contributed by atoms with Crippen molar-refractivity contribution in [1.82, 2.24) is 20.5 Å². The molecule has 8 nitrogen and oxygen atoms in total. The first-order valence-corrected chi connectivity index (χ1v) is 8.04. The van der Waals surface area contributed by atoms with Gasteiger partial charge in [0.15, 0.2) is 5.82 Å². The molecule has 0 bridgehead atoms. The van der Waals surface area contributed by atoms with Crippen molar-refractivity contribution in [3.63, 3.8) is 0 Å². The van der Waals surface area contributed by atoms with E-state index in [9.17, 15) is 9.59 Å². The predicted octanol–water partition coefficient (Wildman–Crippen LogP) is 1.42. The summed E-state index contributed by atoms with van der Waals surface area (Å²) in [6.45, 7) is 7.33. The third-order valence-electron chi connectivity index (χ3n) is 3.56. The van der Waals surface area contributed by atoms with Gasteiger partial charge in [0.25, 0.3) is 0 Å². The largest absolute Gasteiger partial charge is 0.344 e. The van der Waals surface area contributed by atoms with Crippen molar-refractivity contribution in [1.29, 1.82) is 0 Å². The Hall–Kier alpha value is -2.74. The number of carbonyl (C=O) groups is 2. The van der Waals surface area contributed by atoms with Crippen LogP contribution in [-0.2, 0) is 16.1 Å². The van der Waals surface area contributed by atoms with Crippen molar-refractivity contribution < 1.29 is 9.59 Å². The van der Waals surface area contributed by atoms with Crippen LogP contribution in [0.4, 0.5) is 5.69 Å². The molecule has 2 rings (SSSR count). The zero-order valence-corrected chi connectivity index (χ0v) is 14.9. The van der Waals surface area contributed by atoms with Gasteiger partial charge in [-0.3, -0.25) is 14.7 Å². The lowest BCUT2D eigenvalue weighted by Gasteiger charge is -2.21. The molecule has 1 aromatic carbocycles. The standard InChI is InChI=1S/C17H24N6O2/c1-10(19-16(25)17(2,3)4)15(24)20-12-7-5-11(6-8-12)14-21-13(9-18)22-23-14/h5-8,10H,9,18H2,1-4H3,(H,19,25)(H,20,24)(H,21,22,23). The molecule has 0 saturated carbocycles. The third-order valence-corrected chi connectivity index (χ3v) is 3.56. The van der Waals surface area contributed by atoms with Gasteiger partial charge in [-0.05, 0) is 31.2 Å². The summed E-state index contributed by atoms with van der Waals surface area (Å²) >= 11 is 0. The molecule has 2 amide bonds. The van der Waals surface area contributed by atoms with E-state index in [-0.39, 0.29) is 11.8 Å². The average molecular weight is 344 g/mol. The van der Waals surface area contributed by atoms with Gasteiger partial charge in [-0.1, -0.05) is 20.8 Å². The monoisotopic (exact) mass is 344 g/mol. The Morgan fingerprint density at radius 2 is 1.88 bits per heavy atom. The van der Waals surface area contributed by atoms with Crippen molar-refractivity contribution in [3.05, 3.63) is 30.1 Å². The molecule has 0 saturated heterocycles. The molecule has 2 aromatic rings. The number of aromatic amines is 1. The Labute approximate surface area is 146 Å². The van der Waals surface area contributed by atoms with E-state index in [2.05, 4.69) is 25.8 Å². The molecule has 0 radical (unpaired) electrons. The molecule has 0 spiro atoms. The minimum atomic E-state index is -0.633. The van der Waals surface area contributed by atoms with Crippen molar-refractivity contribution in [3.8, 4) is 11.4 Å². The first-order chi connectivity index (χ1) is 11.7. The maximum atomic E-state index is 12.2. The first kappa shape index (κ1) is 18.6. The predicted molar refractivity (Wildman–Crippen MR) is 95.4 cm³/mol. The van der Waals surface area contributed by atoms with Crippen LogP contribution in [0, 0.1) is 5.41 Å². The Morgan fingerprint density at radius 1 is 1.24 bits per heavy atom. The Bertz CT molecular complexity index is 745. The molecular formula is C17H24N6O2. The summed E-state index contributed by atoms with van der Waals surface area (Å²) in [5, 5.41) is 12.3. The van der Waals surface area contributed by atoms with Crippen LogP contribution in [0.15, 0.2) is 24.3 Å². The zero-order chi connectivity index (χ0) is 18.6. The Balaban J connectivity index is 1.98. The van der Waals surface area contributed by atoms with Gasteiger partial charge < -0.3 is 16.4 Å². The fourth-order valence-corrected chi connectivity index (χ4v) is 1.95. The van der Waals surface area contributed by atoms with Crippen molar-refractivity contribution in [2.45, 2.75) is 40.3 Å². The van der Waals surface area contributed by atoms with Crippen molar-refractivity contribution in [2.24, 2.45) is 11.1 Å². The number of nitrogens with zero attached hydrogens (tertiary/aromatic N) is 2. The maximum Gasteiger partial charge on any atom is 0.246 e. The fourth-order valence-electron chi connectivity index (χ4n) is 1.95. The number of aromatic nitrogens is 3. The molecule has 1 atom stereocenters. The van der Waals surface area contributed by atoms with Gasteiger partial charge in [-0.15, -0.1) is 0 Å². The van der Waals surface area contributed by atoms with Gasteiger partial charge in [0.2, 0.25) is 11.8 Å². The zero-order valence-electron chi connectivity index (χ0n) is 14.9. The van der Waals surface area contributed by atoms with Crippen LogP contribution in [0.2, 0.25) is 0 Å². The Morgan fingerprint density at radius 3 is 2.40 bits per heavy atom. The molecule has 1 unspecified atom stereocenters. The summed E-state index contributed by atoms with van der Waals surface area (Å²) in [6, 6.07) is 6.48. The average Bonchev–Trinajstić information content (AvgIpc) is 3.03. The minimum Gasteiger partial charge on any atom is -0.344 e. The van der Waals surface area contributed by atoms with E-state index >= 15 is 0 Å². The second-order valence-electron chi connectivity index (χ2n) is 6.82. The lowest BCUT2D eigenvalue weighted by atomic mass is 9.95. The van der Waals surface area contributed by atoms with Gasteiger partial charge in [0, 0.05) is 16.7 Å². The summed E-state index contributed by atoms with van der Waals surface area (Å²) in [6.07, 6.45) is 0. The molecule has 1 aromatic heterocycles. The normalized spacial score (nSPS) is 12.5. The minimum absolute atomic E-state index is 0.175. The summed E-state index contributed by atoms with van der Waals surface area (Å²) in [5.74, 6) is 0.694. The van der Waals surface area contributed by atoms with Crippen LogP contribution in [0.3, 0.4) is 0 Å². The quantitative estimate of drug-likeness (QED) is 0.652. The molecule has 25 heavy (non-hydrogen) atoms. The van der Waals surface area contributed by atoms with E-state index in [4.69, 9.17) is 5.73 Å². The highest BCUT2D eigenvalue weighted by Crippen LogP contribution is 2.18. The van der Waals surface area contributed by atoms with Crippen molar-refractivity contribution in [2.75, 3.05) is 5.32 Å². The van der Waals surface area contributed by atoms with Gasteiger partial charge in [-0.2, -0.15) is 5.10 Å². The van der Waals surface area contributed by atoms with E-state index in [1.807, 2.05) is 0 Å². The fraction of sp³-hybridized carbons (Fsp3) is 0.412. The second-order valence-corrected chi connectivity index (χ2v) is 6.82. The van der Waals surface area contributed by atoms with Crippen LogP contribution in [0.25, 0.3) is 11.4 Å². The molecule has 1 heterocycles. The smallest absolute Gasteiger partial charge is 0.246 e. The molecule has 0 aliphatic carbocycles. The number of benzene rings is 1. The van der Waals surface area contributed by atoms with Crippen LogP contribution in [0.5, 0.6) is 0 Å². The highest BCUT2D eigenvalue weighted by Gasteiger charge is 2.25. The number of nitrogens with two attached hydrogens (primary N) is 1. The molecule has 0 aliphatic rings. The highest BCUT2D eigenvalue weighted by molar-refractivity contribution is 5.97. The van der Waals surface area contributed by atoms with Gasteiger partial charge in [0.05, 0.1) is 6.54 Å². The lowest BCUT2D eigenvalue weighted by molar-refractivity contribution is -0.131. The number of nitrogens with one attached hydrogen (secondary N) is 3. The van der Waals surface area contributed by atoms with Crippen LogP contribution in [-0.4, -0.2) is 33.0 Å². The molecular weight excluding hydrogens is 320 g/mol. The molecule has 0 aliphatic heterocycles. The number of rotatable bonds is 5. The summed E-state index contributed by atoms with van der Waals surface area (Å²) in [7, 11) is 0. The summed E-state index contributed by atoms with van der Waals surface area (Å²) in [4.78, 5) is 28.4. The van der Waals surface area contributed by atoms with E-state index in [0.717, 1.165) is 5.56 Å². The first-order valence-electron chi connectivity index (χ1n) is 8.04. The summed E-state index contributed by atoms with van der Waals surface area (Å²) < 4.78 is 0. The third kappa shape index (κ3) is 4.87. The number of anilines is 1. The SMILES string of the molecule is CC(NC(=O)C(C)(C)C)C(=O)Nc1ccc(-c2n[nH]c(CN)n2)cc1. The molecule has 134 valence electrons. The second kappa shape index (κ2) is 7.43. The number of H-pyrrole nitrogens is 1. The summed E-state index contributed by atoms with van der Waals surface area (Å²) in [5.41, 5.74) is 6.39. The van der Waals surface area contributed by atoms with E-state index in [1.165, 1.54) is 0 Å². The topological polar surface area (TPSA) is 126 Å². The van der Waals surface area contributed by atoms with E-state index in [0.29, 0.717) is 23.9 Å².